The highest BCUT2D eigenvalue weighted by atomic mass is 35.5. The topological polar surface area (TPSA) is 46.1 Å². The standard InChI is InChI=1S/C9H12ClN3OS/c1-13(5-6-15-2)9(14)7-3-4-8(10)12-11-7/h3-4H,5-6H2,1-2H3. The van der Waals surface area contributed by atoms with Gasteiger partial charge in [0.05, 0.1) is 0 Å². The van der Waals surface area contributed by atoms with Crippen LogP contribution in [0, 0.1) is 0 Å². The van der Waals surface area contributed by atoms with Crippen molar-refractivity contribution < 1.29 is 4.79 Å². The van der Waals surface area contributed by atoms with Gasteiger partial charge in [0.1, 0.15) is 0 Å². The molecule has 0 aliphatic heterocycles. The summed E-state index contributed by atoms with van der Waals surface area (Å²) < 4.78 is 0. The minimum Gasteiger partial charge on any atom is -0.339 e. The van der Waals surface area contributed by atoms with Gasteiger partial charge in [-0.25, -0.2) is 0 Å². The molecule has 0 aliphatic carbocycles. The highest BCUT2D eigenvalue weighted by Crippen LogP contribution is 2.05. The molecule has 1 aromatic rings. The van der Waals surface area contributed by atoms with Crippen molar-refractivity contribution in [1.82, 2.24) is 15.1 Å². The molecule has 0 bridgehead atoms. The van der Waals surface area contributed by atoms with E-state index in [-0.39, 0.29) is 5.91 Å². The smallest absolute Gasteiger partial charge is 0.274 e. The summed E-state index contributed by atoms with van der Waals surface area (Å²) in [6.45, 7) is 0.699. The lowest BCUT2D eigenvalue weighted by Crippen LogP contribution is -2.29. The minimum atomic E-state index is -0.131. The molecule has 0 aliphatic rings. The average molecular weight is 246 g/mol. The zero-order chi connectivity index (χ0) is 11.3. The second kappa shape index (κ2) is 5.92. The molecule has 6 heteroatoms. The Morgan fingerprint density at radius 2 is 2.27 bits per heavy atom. The van der Waals surface area contributed by atoms with Crippen LogP contribution in [-0.2, 0) is 0 Å². The number of aromatic nitrogens is 2. The molecule has 0 aromatic carbocycles. The van der Waals surface area contributed by atoms with Gasteiger partial charge in [0.15, 0.2) is 10.8 Å². The van der Waals surface area contributed by atoms with Crippen molar-refractivity contribution in [3.05, 3.63) is 23.0 Å². The average Bonchev–Trinajstić information content (AvgIpc) is 2.26. The van der Waals surface area contributed by atoms with Gasteiger partial charge in [-0.15, -0.1) is 10.2 Å². The van der Waals surface area contributed by atoms with E-state index >= 15 is 0 Å². The number of nitrogens with zero attached hydrogens (tertiary/aromatic N) is 3. The van der Waals surface area contributed by atoms with Crippen molar-refractivity contribution in [1.29, 1.82) is 0 Å². The Morgan fingerprint density at radius 3 is 2.80 bits per heavy atom. The molecule has 0 saturated heterocycles. The fourth-order valence-electron chi connectivity index (χ4n) is 0.955. The molecule has 1 rings (SSSR count). The van der Waals surface area contributed by atoms with E-state index in [0.717, 1.165) is 5.75 Å². The Kier molecular flexibility index (Phi) is 4.84. The summed E-state index contributed by atoms with van der Waals surface area (Å²) in [6, 6.07) is 3.14. The predicted octanol–water partition coefficient (Wildman–Crippen LogP) is 1.56. The van der Waals surface area contributed by atoms with Crippen LogP contribution in [0.1, 0.15) is 10.5 Å². The van der Waals surface area contributed by atoms with Gasteiger partial charge in [-0.1, -0.05) is 11.6 Å². The third-order valence-electron chi connectivity index (χ3n) is 1.83. The van der Waals surface area contributed by atoms with Crippen LogP contribution in [0.25, 0.3) is 0 Å². The molecule has 82 valence electrons. The maximum absolute atomic E-state index is 11.7. The third kappa shape index (κ3) is 3.68. The van der Waals surface area contributed by atoms with Gasteiger partial charge in [-0.05, 0) is 18.4 Å². The monoisotopic (exact) mass is 245 g/mol. The molecule has 0 spiro atoms. The number of hydrogen-bond acceptors (Lipinski definition) is 4. The number of halogens is 1. The summed E-state index contributed by atoms with van der Waals surface area (Å²) in [6.07, 6.45) is 2.00. The first-order valence-corrected chi connectivity index (χ1v) is 6.16. The second-order valence-corrected chi connectivity index (χ2v) is 4.33. The molecule has 0 fully saturated rings. The Balaban J connectivity index is 2.63. The normalized spacial score (nSPS) is 10.1. The molecule has 0 radical (unpaired) electrons. The van der Waals surface area contributed by atoms with Crippen LogP contribution in [0.15, 0.2) is 12.1 Å². The van der Waals surface area contributed by atoms with Gasteiger partial charge in [0.2, 0.25) is 0 Å². The fourth-order valence-corrected chi connectivity index (χ4v) is 1.51. The van der Waals surface area contributed by atoms with Crippen molar-refractivity contribution >= 4 is 29.3 Å². The molecular formula is C9H12ClN3OS. The van der Waals surface area contributed by atoms with E-state index in [0.29, 0.717) is 17.4 Å². The van der Waals surface area contributed by atoms with Crippen LogP contribution < -0.4 is 0 Å². The largest absolute Gasteiger partial charge is 0.339 e. The van der Waals surface area contributed by atoms with E-state index in [1.807, 2.05) is 6.26 Å². The van der Waals surface area contributed by atoms with Crippen molar-refractivity contribution in [3.63, 3.8) is 0 Å². The summed E-state index contributed by atoms with van der Waals surface area (Å²) in [7, 11) is 1.74. The quantitative estimate of drug-likeness (QED) is 0.808. The van der Waals surface area contributed by atoms with Gasteiger partial charge >= 0.3 is 0 Å². The summed E-state index contributed by atoms with van der Waals surface area (Å²) in [5.41, 5.74) is 0.322. The number of thioether (sulfide) groups is 1. The van der Waals surface area contributed by atoms with Crippen LogP contribution in [-0.4, -0.2) is 46.6 Å². The third-order valence-corrected chi connectivity index (χ3v) is 2.62. The Labute approximate surface area is 98.0 Å². The van der Waals surface area contributed by atoms with Crippen LogP contribution in [0.5, 0.6) is 0 Å². The van der Waals surface area contributed by atoms with E-state index in [2.05, 4.69) is 10.2 Å². The predicted molar refractivity (Wildman–Crippen MR) is 62.4 cm³/mol. The number of rotatable bonds is 4. The van der Waals surface area contributed by atoms with Gasteiger partial charge < -0.3 is 4.90 Å². The van der Waals surface area contributed by atoms with Gasteiger partial charge in [0, 0.05) is 19.3 Å². The lowest BCUT2D eigenvalue weighted by molar-refractivity contribution is 0.0797. The van der Waals surface area contributed by atoms with E-state index in [1.165, 1.54) is 0 Å². The minimum absolute atomic E-state index is 0.131. The zero-order valence-electron chi connectivity index (χ0n) is 8.61. The first-order chi connectivity index (χ1) is 7.15. The first-order valence-electron chi connectivity index (χ1n) is 4.38. The summed E-state index contributed by atoms with van der Waals surface area (Å²) in [5, 5.41) is 7.64. The molecular weight excluding hydrogens is 234 g/mol. The Hall–Kier alpha value is -0.810. The van der Waals surface area contributed by atoms with Gasteiger partial charge in [0.25, 0.3) is 5.91 Å². The SMILES string of the molecule is CSCCN(C)C(=O)c1ccc(Cl)nn1. The van der Waals surface area contributed by atoms with E-state index in [9.17, 15) is 4.79 Å². The molecule has 0 saturated carbocycles. The highest BCUT2D eigenvalue weighted by Gasteiger charge is 2.12. The highest BCUT2D eigenvalue weighted by molar-refractivity contribution is 7.98. The summed E-state index contributed by atoms with van der Waals surface area (Å²) in [5.74, 6) is 0.775. The van der Waals surface area contributed by atoms with E-state index in [4.69, 9.17) is 11.6 Å². The molecule has 0 atom stereocenters. The fraction of sp³-hybridized carbons (Fsp3) is 0.444. The van der Waals surface area contributed by atoms with Crippen molar-refractivity contribution in [2.24, 2.45) is 0 Å². The second-order valence-electron chi connectivity index (χ2n) is 2.96. The van der Waals surface area contributed by atoms with Gasteiger partial charge in [-0.3, -0.25) is 4.79 Å². The van der Waals surface area contributed by atoms with E-state index < -0.39 is 0 Å². The summed E-state index contributed by atoms with van der Waals surface area (Å²) >= 11 is 7.27. The zero-order valence-corrected chi connectivity index (χ0v) is 10.2. The van der Waals surface area contributed by atoms with Crippen LogP contribution >= 0.6 is 23.4 Å². The molecule has 1 heterocycles. The molecule has 1 amide bonds. The molecule has 0 N–H and O–H groups in total. The molecule has 15 heavy (non-hydrogen) atoms. The Bertz CT molecular complexity index is 331. The number of hydrogen-bond donors (Lipinski definition) is 0. The maximum atomic E-state index is 11.7. The van der Waals surface area contributed by atoms with Crippen LogP contribution in [0.2, 0.25) is 5.15 Å². The summed E-state index contributed by atoms with van der Waals surface area (Å²) in [4.78, 5) is 13.4. The van der Waals surface area contributed by atoms with Crippen molar-refractivity contribution in [2.75, 3.05) is 25.6 Å². The van der Waals surface area contributed by atoms with Crippen LogP contribution in [0.4, 0.5) is 0 Å². The van der Waals surface area contributed by atoms with E-state index in [1.54, 1.807) is 35.8 Å². The lowest BCUT2D eigenvalue weighted by Gasteiger charge is -2.15. The first kappa shape index (κ1) is 12.3. The maximum Gasteiger partial charge on any atom is 0.274 e. The molecule has 0 unspecified atom stereocenters. The van der Waals surface area contributed by atoms with Crippen molar-refractivity contribution in [3.8, 4) is 0 Å². The molecule has 4 nitrogen and oxygen atoms in total. The lowest BCUT2D eigenvalue weighted by atomic mass is 10.3. The van der Waals surface area contributed by atoms with Gasteiger partial charge in [-0.2, -0.15) is 11.8 Å². The Morgan fingerprint density at radius 1 is 1.53 bits per heavy atom. The molecule has 1 aromatic heterocycles. The van der Waals surface area contributed by atoms with Crippen LogP contribution in [0.3, 0.4) is 0 Å². The van der Waals surface area contributed by atoms with Crippen molar-refractivity contribution in [2.45, 2.75) is 0 Å². The number of carbonyl (C=O) groups is 1. The number of carbonyl (C=O) groups excluding carboxylic acids is 1. The number of amides is 1.